The average molecular weight is 325 g/mol. The van der Waals surface area contributed by atoms with Crippen LogP contribution in [0.1, 0.15) is 10.5 Å². The number of halogens is 2. The molecule has 2 aromatic carbocycles. The Labute approximate surface area is 137 Å². The Hall–Kier alpha value is -3.28. The third-order valence-electron chi connectivity index (χ3n) is 3.23. The molecule has 0 aliphatic heterocycles. The second kappa shape index (κ2) is 6.87. The Morgan fingerprint density at radius 1 is 0.917 bits per heavy atom. The number of carbonyl (C=O) groups excluding carboxylic acids is 1. The molecule has 0 saturated carbocycles. The van der Waals surface area contributed by atoms with Crippen LogP contribution in [0.15, 0.2) is 66.9 Å². The normalized spacial score (nSPS) is 10.2. The van der Waals surface area contributed by atoms with Crippen molar-refractivity contribution in [1.82, 2.24) is 4.98 Å². The maximum absolute atomic E-state index is 13.7. The van der Waals surface area contributed by atoms with Crippen LogP contribution < -0.4 is 10.6 Å². The van der Waals surface area contributed by atoms with Gasteiger partial charge in [0.1, 0.15) is 17.3 Å². The number of benzene rings is 2. The molecule has 1 aromatic heterocycles. The van der Waals surface area contributed by atoms with E-state index in [1.54, 1.807) is 30.3 Å². The average Bonchev–Trinajstić information content (AvgIpc) is 2.57. The van der Waals surface area contributed by atoms with Crippen LogP contribution in [0.5, 0.6) is 0 Å². The molecule has 0 aliphatic rings. The van der Waals surface area contributed by atoms with E-state index in [0.29, 0.717) is 17.1 Å². The van der Waals surface area contributed by atoms with Gasteiger partial charge in [-0.25, -0.2) is 8.78 Å². The predicted molar refractivity (Wildman–Crippen MR) is 88.3 cm³/mol. The minimum absolute atomic E-state index is 0.126. The summed E-state index contributed by atoms with van der Waals surface area (Å²) in [6.07, 6.45) is 1.43. The van der Waals surface area contributed by atoms with E-state index in [-0.39, 0.29) is 5.69 Å². The second-order valence-electron chi connectivity index (χ2n) is 5.00. The number of rotatable bonds is 4. The van der Waals surface area contributed by atoms with Crippen LogP contribution in [0, 0.1) is 11.6 Å². The van der Waals surface area contributed by atoms with Crippen LogP contribution in [-0.2, 0) is 0 Å². The van der Waals surface area contributed by atoms with E-state index in [2.05, 4.69) is 15.6 Å². The Morgan fingerprint density at radius 2 is 1.75 bits per heavy atom. The summed E-state index contributed by atoms with van der Waals surface area (Å²) in [7, 11) is 0. The molecule has 6 heteroatoms. The van der Waals surface area contributed by atoms with Crippen molar-refractivity contribution in [3.63, 3.8) is 0 Å². The third-order valence-corrected chi connectivity index (χ3v) is 3.23. The highest BCUT2D eigenvalue weighted by molar-refractivity contribution is 6.03. The Kier molecular flexibility index (Phi) is 4.47. The zero-order valence-electron chi connectivity index (χ0n) is 12.5. The molecular formula is C18H13F2N3O. The van der Waals surface area contributed by atoms with E-state index in [9.17, 15) is 13.6 Å². The first kappa shape index (κ1) is 15.6. The summed E-state index contributed by atoms with van der Waals surface area (Å²) in [6, 6.07) is 14.9. The lowest BCUT2D eigenvalue weighted by molar-refractivity contribution is 0.102. The molecular weight excluding hydrogens is 312 g/mol. The van der Waals surface area contributed by atoms with Crippen LogP contribution in [0.25, 0.3) is 0 Å². The summed E-state index contributed by atoms with van der Waals surface area (Å²) in [5.41, 5.74) is 1.26. The van der Waals surface area contributed by atoms with Gasteiger partial charge in [0, 0.05) is 17.6 Å². The first-order valence-corrected chi connectivity index (χ1v) is 7.16. The first-order valence-electron chi connectivity index (χ1n) is 7.16. The highest BCUT2D eigenvalue weighted by atomic mass is 19.1. The molecule has 0 bridgehead atoms. The fourth-order valence-electron chi connectivity index (χ4n) is 2.11. The maximum Gasteiger partial charge on any atom is 0.274 e. The van der Waals surface area contributed by atoms with Gasteiger partial charge in [0.2, 0.25) is 0 Å². The van der Waals surface area contributed by atoms with Gasteiger partial charge in [-0.15, -0.1) is 0 Å². The Balaban J connectivity index is 1.77. The summed E-state index contributed by atoms with van der Waals surface area (Å²) in [6.45, 7) is 0. The molecule has 0 atom stereocenters. The number of anilines is 3. The smallest absolute Gasteiger partial charge is 0.274 e. The van der Waals surface area contributed by atoms with Gasteiger partial charge in [-0.1, -0.05) is 18.2 Å². The van der Waals surface area contributed by atoms with Gasteiger partial charge in [-0.3, -0.25) is 9.78 Å². The van der Waals surface area contributed by atoms with E-state index in [0.717, 1.165) is 0 Å². The number of nitrogens with zero attached hydrogens (tertiary/aromatic N) is 1. The zero-order chi connectivity index (χ0) is 16.9. The van der Waals surface area contributed by atoms with Crippen LogP contribution in [0.3, 0.4) is 0 Å². The highest BCUT2D eigenvalue weighted by Crippen LogP contribution is 2.20. The SMILES string of the molecule is O=C(Nc1cccc(F)c1)c1cc(Nc2ccccc2F)ccn1. The van der Waals surface area contributed by atoms with Gasteiger partial charge in [-0.05, 0) is 42.5 Å². The Morgan fingerprint density at radius 3 is 2.54 bits per heavy atom. The molecule has 0 fully saturated rings. The molecule has 24 heavy (non-hydrogen) atoms. The quantitative estimate of drug-likeness (QED) is 0.749. The maximum atomic E-state index is 13.7. The summed E-state index contributed by atoms with van der Waals surface area (Å²) in [5, 5.41) is 5.44. The van der Waals surface area contributed by atoms with Gasteiger partial charge >= 0.3 is 0 Å². The standard InChI is InChI=1S/C18H13F2N3O/c19-12-4-3-5-13(10-12)23-18(24)17-11-14(8-9-21-17)22-16-7-2-1-6-15(16)20/h1-11H,(H,21,22)(H,23,24). The van der Waals surface area contributed by atoms with Crippen LogP contribution in [0.4, 0.5) is 25.8 Å². The summed E-state index contributed by atoms with van der Waals surface area (Å²) < 4.78 is 26.8. The number of aromatic nitrogens is 1. The van der Waals surface area contributed by atoms with Crippen molar-refractivity contribution in [2.45, 2.75) is 0 Å². The van der Waals surface area contributed by atoms with Crippen molar-refractivity contribution in [1.29, 1.82) is 0 Å². The molecule has 0 radical (unpaired) electrons. The molecule has 120 valence electrons. The summed E-state index contributed by atoms with van der Waals surface area (Å²) in [5.74, 6) is -1.34. The lowest BCUT2D eigenvalue weighted by Crippen LogP contribution is -2.14. The van der Waals surface area contributed by atoms with E-state index in [1.165, 1.54) is 36.5 Å². The van der Waals surface area contributed by atoms with Crippen molar-refractivity contribution in [2.75, 3.05) is 10.6 Å². The number of carbonyl (C=O) groups is 1. The molecule has 3 aromatic rings. The lowest BCUT2D eigenvalue weighted by Gasteiger charge is -2.09. The molecule has 0 spiro atoms. The minimum Gasteiger partial charge on any atom is -0.353 e. The molecule has 0 unspecified atom stereocenters. The van der Waals surface area contributed by atoms with Gasteiger partial charge in [-0.2, -0.15) is 0 Å². The molecule has 3 rings (SSSR count). The monoisotopic (exact) mass is 325 g/mol. The Bertz CT molecular complexity index is 883. The van der Waals surface area contributed by atoms with E-state index >= 15 is 0 Å². The van der Waals surface area contributed by atoms with Gasteiger partial charge in [0.25, 0.3) is 5.91 Å². The van der Waals surface area contributed by atoms with Crippen molar-refractivity contribution < 1.29 is 13.6 Å². The topological polar surface area (TPSA) is 54.0 Å². The fraction of sp³-hybridized carbons (Fsp3) is 0. The fourth-order valence-corrected chi connectivity index (χ4v) is 2.11. The number of hydrogen-bond donors (Lipinski definition) is 2. The van der Waals surface area contributed by atoms with Crippen LogP contribution in [-0.4, -0.2) is 10.9 Å². The number of para-hydroxylation sites is 1. The highest BCUT2D eigenvalue weighted by Gasteiger charge is 2.10. The van der Waals surface area contributed by atoms with Crippen LogP contribution >= 0.6 is 0 Å². The van der Waals surface area contributed by atoms with Crippen molar-refractivity contribution in [2.24, 2.45) is 0 Å². The molecule has 1 amide bonds. The third kappa shape index (κ3) is 3.73. The van der Waals surface area contributed by atoms with Crippen LogP contribution in [0.2, 0.25) is 0 Å². The number of nitrogens with one attached hydrogen (secondary N) is 2. The van der Waals surface area contributed by atoms with Gasteiger partial charge in [0.15, 0.2) is 0 Å². The first-order chi connectivity index (χ1) is 11.6. The molecule has 1 heterocycles. The summed E-state index contributed by atoms with van der Waals surface area (Å²) >= 11 is 0. The second-order valence-corrected chi connectivity index (χ2v) is 5.00. The largest absolute Gasteiger partial charge is 0.353 e. The number of hydrogen-bond acceptors (Lipinski definition) is 3. The molecule has 2 N–H and O–H groups in total. The minimum atomic E-state index is -0.488. The zero-order valence-corrected chi connectivity index (χ0v) is 12.5. The van der Waals surface area contributed by atoms with Crippen molar-refractivity contribution in [3.05, 3.63) is 84.2 Å². The number of amides is 1. The van der Waals surface area contributed by atoms with E-state index < -0.39 is 17.5 Å². The van der Waals surface area contributed by atoms with E-state index in [4.69, 9.17) is 0 Å². The number of pyridine rings is 1. The molecule has 4 nitrogen and oxygen atoms in total. The predicted octanol–water partition coefficient (Wildman–Crippen LogP) is 4.36. The molecule has 0 aliphatic carbocycles. The van der Waals surface area contributed by atoms with Gasteiger partial charge in [0.05, 0.1) is 5.69 Å². The van der Waals surface area contributed by atoms with Crippen molar-refractivity contribution >= 4 is 23.0 Å². The van der Waals surface area contributed by atoms with Gasteiger partial charge < -0.3 is 10.6 Å². The molecule has 0 saturated heterocycles. The lowest BCUT2D eigenvalue weighted by atomic mass is 10.2. The summed E-state index contributed by atoms with van der Waals surface area (Å²) in [4.78, 5) is 16.2. The van der Waals surface area contributed by atoms with Crippen molar-refractivity contribution in [3.8, 4) is 0 Å². The van der Waals surface area contributed by atoms with E-state index in [1.807, 2.05) is 0 Å².